The molecule has 10 heteroatoms. The van der Waals surface area contributed by atoms with Gasteiger partial charge in [-0.15, -0.1) is 0 Å². The fourth-order valence-electron chi connectivity index (χ4n) is 2.51. The lowest BCUT2D eigenvalue weighted by Crippen LogP contribution is -2.50. The summed E-state index contributed by atoms with van der Waals surface area (Å²) in [5.41, 5.74) is -18.2. The molecule has 0 aliphatic carbocycles. The van der Waals surface area contributed by atoms with Crippen molar-refractivity contribution in [2.45, 2.75) is 89.7 Å². The fraction of sp³-hybridized carbons (Fsp3) is 0.909. The molecule has 4 N–H and O–H groups in total. The zero-order valence-electron chi connectivity index (χ0n) is 46.3. The van der Waals surface area contributed by atoms with Crippen molar-refractivity contribution in [2.24, 2.45) is 11.8 Å². The van der Waals surface area contributed by atoms with E-state index in [-0.39, 0.29) is 0 Å². The Balaban J connectivity index is 2.46. The Bertz CT molecular complexity index is 1520. The van der Waals surface area contributed by atoms with E-state index in [0.717, 1.165) is 0 Å². The number of hydrogen-bond acceptors (Lipinski definition) is 8. The highest BCUT2D eigenvalue weighted by Crippen LogP contribution is 2.44. The van der Waals surface area contributed by atoms with Gasteiger partial charge in [0, 0.05) is 76.8 Å². The second kappa shape index (κ2) is 10.00. The first-order chi connectivity index (χ1) is 26.9. The number of nitrogens with zero attached hydrogens (tertiary/aromatic N) is 2. The van der Waals surface area contributed by atoms with E-state index in [1.165, 1.54) is 0 Å². The maximum atomic E-state index is 13.8. The summed E-state index contributed by atoms with van der Waals surface area (Å²) >= 11 is 0. The molecule has 0 aromatic heterocycles. The van der Waals surface area contributed by atoms with Crippen LogP contribution in [-0.4, -0.2) is 79.1 Å². The lowest BCUT2D eigenvalue weighted by atomic mass is 9.86. The molecule has 2 rings (SSSR count). The zero-order valence-corrected chi connectivity index (χ0v) is 17.9. The number of carbonyl (C=O) groups excluding carboxylic acids is 2. The molecule has 32 heavy (non-hydrogen) atoms. The SMILES string of the molecule is [2H]C([2H])([2H])C1(C([2H])([2H])[2H])[15N](O)C(C([2H])([2H])[2H])(C([2H])([2H])[2H])C([2H])(C(=O)NCCSSCCNC(=O)C2([2H])C([2H])([2H])C(C([2H])([2H])[2H])(C([2H])([2H])[2H])[15N](O)C2(C([2H])([2H])[2H])C([2H])([2H])[2H])C1([2H])[2H]. The third-order valence-corrected chi connectivity index (χ3v) is 6.49. The van der Waals surface area contributed by atoms with Gasteiger partial charge in [0.05, 0.1) is 22.9 Å². The van der Waals surface area contributed by atoms with E-state index >= 15 is 0 Å². The summed E-state index contributed by atoms with van der Waals surface area (Å²) in [6.07, 6.45) is -9.09. The molecule has 2 aliphatic rings. The quantitative estimate of drug-likeness (QED) is 0.208. The second-order valence-electron chi connectivity index (χ2n) is 6.62. The molecule has 2 atom stereocenters. The van der Waals surface area contributed by atoms with E-state index in [9.17, 15) is 20.0 Å². The van der Waals surface area contributed by atoms with Gasteiger partial charge in [-0.1, -0.05) is 21.6 Å². The highest BCUT2D eigenvalue weighted by Gasteiger charge is 2.55. The summed E-state index contributed by atoms with van der Waals surface area (Å²) in [5.74, 6) is -14.1. The van der Waals surface area contributed by atoms with Crippen LogP contribution in [0.1, 0.15) is 109 Å². The van der Waals surface area contributed by atoms with E-state index in [1.54, 1.807) is 0 Å². The highest BCUT2D eigenvalue weighted by atomic mass is 33.1. The smallest absolute Gasteiger partial charge is 0.225 e. The van der Waals surface area contributed by atoms with Crippen LogP contribution in [0.25, 0.3) is 0 Å². The minimum Gasteiger partial charge on any atom is -0.355 e. The van der Waals surface area contributed by atoms with Crippen LogP contribution in [-0.2, 0) is 9.59 Å². The molecule has 2 heterocycles. The molecule has 2 unspecified atom stereocenters. The molecule has 0 aromatic rings. The van der Waals surface area contributed by atoms with Crippen LogP contribution in [0.3, 0.4) is 0 Å². The Morgan fingerprint density at radius 3 is 1.56 bits per heavy atom. The maximum absolute atomic E-state index is 13.8. The van der Waals surface area contributed by atoms with Crippen molar-refractivity contribution in [1.29, 1.82) is 0 Å². The fourth-order valence-corrected chi connectivity index (χ4v) is 4.33. The van der Waals surface area contributed by atoms with E-state index in [4.69, 9.17) is 41.1 Å². The van der Waals surface area contributed by atoms with Crippen molar-refractivity contribution < 1.29 is 61.1 Å². The van der Waals surface area contributed by atoms with Crippen LogP contribution in [0.5, 0.6) is 0 Å². The second-order valence-corrected chi connectivity index (χ2v) is 9.32. The number of hydroxylamine groups is 4. The standard InChI is InChI=1S/C22H42N4O4S2/c1-19(2)13-15(21(5,6)25(19)29)17(27)23-9-11-31-32-12-10-24-18(28)16-14-20(3,4)26(30)22(16,7)8/h15-16,29-30H,9-14H2,1-8H3,(H,23,27)(H,24,28)/i1D3,2D3,3D3,4D3,5D3,6D3,7D3,8D3,13D2,14D2,15D,16D,25+1,26+1. The topological polar surface area (TPSA) is 105 Å². The molecule has 0 aromatic carbocycles. The number of amides is 2. The van der Waals surface area contributed by atoms with Gasteiger partial charge in [-0.3, -0.25) is 9.59 Å². The van der Waals surface area contributed by atoms with Gasteiger partial charge in [-0.05, 0) is 67.6 Å². The van der Waals surface area contributed by atoms with Crippen molar-refractivity contribution in [3.05, 3.63) is 0 Å². The number of carbonyl (C=O) groups is 2. The molecule has 186 valence electrons. The van der Waals surface area contributed by atoms with Crippen LogP contribution in [0.15, 0.2) is 0 Å². The number of hydrogen-bond donors (Lipinski definition) is 4. The first-order valence-electron chi connectivity index (χ1n) is 23.7. The number of nitrogens with one attached hydrogen (secondary N) is 2. The van der Waals surface area contributed by atoms with E-state index in [0.29, 0.717) is 21.6 Å². The first kappa shape index (κ1) is 7.49. The summed E-state index contributed by atoms with van der Waals surface area (Å²) in [4.78, 5) is 27.5. The van der Waals surface area contributed by atoms with Gasteiger partial charge in [0.2, 0.25) is 11.8 Å². The third-order valence-electron chi connectivity index (χ3n) is 4.09. The highest BCUT2D eigenvalue weighted by molar-refractivity contribution is 8.76. The molecule has 0 radical (unpaired) electrons. The Labute approximate surface area is 243 Å². The predicted octanol–water partition coefficient (Wildman–Crippen LogP) is 3.14. The van der Waals surface area contributed by atoms with Gasteiger partial charge >= 0.3 is 0 Å². The zero-order chi connectivity index (χ0) is 50.0. The van der Waals surface area contributed by atoms with Gasteiger partial charge in [0.25, 0.3) is 0 Å². The molecule has 0 spiro atoms. The molecule has 0 bridgehead atoms. The molecule has 2 fully saturated rings. The molecule has 0 saturated carbocycles. The van der Waals surface area contributed by atoms with Gasteiger partial charge in [0.1, 0.15) is 0 Å². The summed E-state index contributed by atoms with van der Waals surface area (Å²) in [5, 5.41) is 23.6. The van der Waals surface area contributed by atoms with Gasteiger partial charge < -0.3 is 21.0 Å². The Morgan fingerprint density at radius 2 is 1.25 bits per heavy atom. The van der Waals surface area contributed by atoms with Crippen LogP contribution in [0, 0.1) is 11.8 Å². The first-order valence-corrected chi connectivity index (χ1v) is 11.1. The summed E-state index contributed by atoms with van der Waals surface area (Å²) in [6.45, 7) is -36.5. The van der Waals surface area contributed by atoms with Crippen LogP contribution in [0.2, 0.25) is 0 Å². The van der Waals surface area contributed by atoms with Crippen LogP contribution < -0.4 is 10.6 Å². The largest absolute Gasteiger partial charge is 0.355 e. The van der Waals surface area contributed by atoms with Crippen molar-refractivity contribution in [3.63, 3.8) is 0 Å². The minimum atomic E-state index is -4.57. The Hall–Kier alpha value is -0.520. The lowest BCUT2D eigenvalue weighted by Gasteiger charge is -2.35. The average molecular weight is 523 g/mol. The molecule has 2 saturated heterocycles. The van der Waals surface area contributed by atoms with Crippen LogP contribution in [0.4, 0.5) is 0 Å². The molecule has 8 nitrogen and oxygen atoms in total. The normalized spacial score (nSPS) is 53.3. The summed E-state index contributed by atoms with van der Waals surface area (Å²) in [7, 11) is 1.38. The monoisotopic (exact) mass is 522 g/mol. The molecular formula is C22H42N4O4S2. The lowest BCUT2D eigenvalue weighted by molar-refractivity contribution is -0.197. The van der Waals surface area contributed by atoms with E-state index in [1.807, 2.05) is 10.6 Å². The Morgan fingerprint density at radius 1 is 0.875 bits per heavy atom. The van der Waals surface area contributed by atoms with Crippen molar-refractivity contribution in [3.8, 4) is 0 Å². The van der Waals surface area contributed by atoms with Crippen molar-refractivity contribution in [1.82, 2.24) is 20.8 Å². The maximum Gasteiger partial charge on any atom is 0.225 e. The molecular weight excluding hydrogens is 450 g/mol. The van der Waals surface area contributed by atoms with Crippen molar-refractivity contribution in [2.75, 3.05) is 24.6 Å². The molecule has 2 amide bonds. The number of rotatable bonds is 9. The van der Waals surface area contributed by atoms with E-state index in [2.05, 4.69) is 0 Å². The summed E-state index contributed by atoms with van der Waals surface area (Å²) < 4.78 is 243. The van der Waals surface area contributed by atoms with E-state index < -0.39 is 148 Å². The van der Waals surface area contributed by atoms with Crippen molar-refractivity contribution >= 4 is 33.4 Å². The van der Waals surface area contributed by atoms with Gasteiger partial charge in [-0.25, -0.2) is 0 Å². The molecule has 2 aliphatic heterocycles. The predicted molar refractivity (Wildman–Crippen MR) is 131 cm³/mol. The third kappa shape index (κ3) is 5.75. The Kier molecular flexibility index (Phi) is 2.34. The average Bonchev–Trinajstić information content (AvgIpc) is 3.21. The van der Waals surface area contributed by atoms with Gasteiger partial charge in [-0.2, -0.15) is 10.1 Å². The van der Waals surface area contributed by atoms with Crippen LogP contribution >= 0.6 is 21.6 Å². The minimum absolute atomic E-state index is 0.393. The van der Waals surface area contributed by atoms with Gasteiger partial charge in [0.15, 0.2) is 0 Å². The summed E-state index contributed by atoms with van der Waals surface area (Å²) in [6, 6.07) is 0.